The molecule has 1 saturated heterocycles. The summed E-state index contributed by atoms with van der Waals surface area (Å²) in [6, 6.07) is 11.5. The Kier molecular flexibility index (Phi) is 16.4. The van der Waals surface area contributed by atoms with Crippen molar-refractivity contribution in [2.75, 3.05) is 87.1 Å². The SMILES string of the molecule is COc1cc2nn(C3CCC(CNCCOCCOCCNc4cncc(N5CCC[C@H](C(=O)Nc6ccc(=O)n(CC(=O)O)c6)C5)c4)CC3)cc2cc1NC(=O)c1cccc(C(F)(F)F)n1. The second-order valence-electron chi connectivity index (χ2n) is 16.6. The molecule has 4 aromatic heterocycles. The predicted octanol–water partition coefficient (Wildman–Crippen LogP) is 5.67. The Morgan fingerprint density at radius 1 is 0.896 bits per heavy atom. The molecule has 21 heteroatoms. The van der Waals surface area contributed by atoms with Crippen molar-refractivity contribution in [1.29, 1.82) is 0 Å². The molecule has 1 aliphatic carbocycles. The van der Waals surface area contributed by atoms with Crippen LogP contribution in [0.3, 0.4) is 0 Å². The number of aromatic nitrogens is 5. The van der Waals surface area contributed by atoms with E-state index in [1.165, 1.54) is 31.5 Å². The van der Waals surface area contributed by atoms with Gasteiger partial charge in [-0.05, 0) is 81.3 Å². The van der Waals surface area contributed by atoms with Gasteiger partial charge in [0.1, 0.15) is 23.7 Å². The summed E-state index contributed by atoms with van der Waals surface area (Å²) >= 11 is 0. The highest BCUT2D eigenvalue weighted by Gasteiger charge is 2.33. The van der Waals surface area contributed by atoms with E-state index in [4.69, 9.17) is 24.4 Å². The maximum absolute atomic E-state index is 13.2. The molecule has 0 radical (unpaired) electrons. The highest BCUT2D eigenvalue weighted by molar-refractivity contribution is 6.05. The van der Waals surface area contributed by atoms with Gasteiger partial charge in [-0.2, -0.15) is 18.3 Å². The van der Waals surface area contributed by atoms with Crippen molar-refractivity contribution in [2.24, 2.45) is 11.8 Å². The number of amides is 2. The van der Waals surface area contributed by atoms with Crippen molar-refractivity contribution in [3.05, 3.63) is 95.1 Å². The van der Waals surface area contributed by atoms with Crippen molar-refractivity contribution in [2.45, 2.75) is 57.3 Å². The average molecular weight is 933 g/mol. The van der Waals surface area contributed by atoms with Gasteiger partial charge in [0.25, 0.3) is 11.5 Å². The molecule has 1 aromatic carbocycles. The van der Waals surface area contributed by atoms with E-state index in [1.54, 1.807) is 24.5 Å². The van der Waals surface area contributed by atoms with Crippen LogP contribution >= 0.6 is 0 Å². The standard InChI is InChI=1S/C46H55F3N10O8/c1-65-40-22-38-32(20-39(40)55-45(64)37-5-2-6-41(54-37)46(47,48)49)27-59(56-38)35-10-7-30(8-11-35)23-50-13-16-66-18-19-67-17-14-52-34-21-36(25-51-24-34)57-15-3-4-31(26-57)44(63)53-33-9-12-42(60)58(28-33)29-43(61)62/h2,5-6,9,12,20-22,24-25,27-28,30-31,35,50,52H,3-4,7-8,10-11,13-19,23,26,29H2,1H3,(H,53,63)(H,55,64)(H,61,62)/t30?,31-,35?/m0/s1. The number of halogens is 3. The largest absolute Gasteiger partial charge is 0.494 e. The summed E-state index contributed by atoms with van der Waals surface area (Å²) in [6.45, 7) is 4.95. The molecule has 0 bridgehead atoms. The summed E-state index contributed by atoms with van der Waals surface area (Å²) in [6.07, 6.45) is 7.58. The lowest BCUT2D eigenvalue weighted by Gasteiger charge is -2.33. The van der Waals surface area contributed by atoms with Crippen LogP contribution in [0, 0.1) is 11.8 Å². The van der Waals surface area contributed by atoms with Crippen molar-refractivity contribution in [3.8, 4) is 5.75 Å². The molecule has 2 amide bonds. The zero-order valence-electron chi connectivity index (χ0n) is 37.1. The van der Waals surface area contributed by atoms with Gasteiger partial charge in [0.2, 0.25) is 5.91 Å². The quantitative estimate of drug-likeness (QED) is 0.0561. The fourth-order valence-corrected chi connectivity index (χ4v) is 8.33. The molecule has 1 atom stereocenters. The van der Waals surface area contributed by atoms with Crippen LogP contribution in [-0.2, 0) is 31.8 Å². The van der Waals surface area contributed by atoms with Gasteiger partial charge in [-0.1, -0.05) is 6.07 Å². The summed E-state index contributed by atoms with van der Waals surface area (Å²) < 4.78 is 59.5. The number of aliphatic carboxylic acids is 1. The molecule has 5 N–H and O–H groups in total. The molecule has 5 aromatic rings. The molecular weight excluding hydrogens is 878 g/mol. The third kappa shape index (κ3) is 13.5. The molecule has 2 fully saturated rings. The first-order chi connectivity index (χ1) is 32.3. The van der Waals surface area contributed by atoms with Crippen molar-refractivity contribution < 1.29 is 46.9 Å². The monoisotopic (exact) mass is 932 g/mol. The second kappa shape index (κ2) is 22.7. The topological polar surface area (TPSA) is 216 Å². The average Bonchev–Trinajstić information content (AvgIpc) is 3.74. The van der Waals surface area contributed by atoms with E-state index in [0.717, 1.165) is 85.2 Å². The number of carbonyl (C=O) groups is 3. The lowest BCUT2D eigenvalue weighted by Crippen LogP contribution is -2.41. The minimum absolute atomic E-state index is 0.195. The molecule has 2 aliphatic rings. The third-order valence-corrected chi connectivity index (χ3v) is 11.8. The molecule has 7 rings (SSSR count). The van der Waals surface area contributed by atoms with E-state index in [-0.39, 0.29) is 23.6 Å². The number of benzene rings is 1. The first kappa shape index (κ1) is 48.4. The van der Waals surface area contributed by atoms with Crippen molar-refractivity contribution in [1.82, 2.24) is 29.6 Å². The van der Waals surface area contributed by atoms with Gasteiger partial charge < -0.3 is 50.1 Å². The number of nitrogens with zero attached hydrogens (tertiary/aromatic N) is 6. The number of carboxylic acids is 1. The lowest BCUT2D eigenvalue weighted by molar-refractivity contribution is -0.141. The first-order valence-corrected chi connectivity index (χ1v) is 22.3. The molecule has 358 valence electrons. The minimum atomic E-state index is -4.67. The minimum Gasteiger partial charge on any atom is -0.494 e. The van der Waals surface area contributed by atoms with Crippen LogP contribution in [0.2, 0.25) is 0 Å². The Labute approximate surface area is 384 Å². The van der Waals surface area contributed by atoms with Crippen molar-refractivity contribution >= 4 is 51.4 Å². The maximum Gasteiger partial charge on any atom is 0.433 e. The number of rotatable bonds is 21. The van der Waals surface area contributed by atoms with E-state index in [0.29, 0.717) is 74.5 Å². The van der Waals surface area contributed by atoms with Crippen LogP contribution in [0.25, 0.3) is 10.9 Å². The molecule has 0 unspecified atom stereocenters. The number of carboxylic acid groups (broad SMARTS) is 1. The molecular formula is C46H55F3N10O8. The van der Waals surface area contributed by atoms with Crippen LogP contribution in [0.4, 0.5) is 35.9 Å². The van der Waals surface area contributed by atoms with Crippen molar-refractivity contribution in [3.63, 3.8) is 0 Å². The highest BCUT2D eigenvalue weighted by atomic mass is 19.4. The molecule has 5 heterocycles. The van der Waals surface area contributed by atoms with Gasteiger partial charge in [-0.3, -0.25) is 28.8 Å². The van der Waals surface area contributed by atoms with E-state index in [9.17, 15) is 32.3 Å². The highest BCUT2D eigenvalue weighted by Crippen LogP contribution is 2.35. The van der Waals surface area contributed by atoms with Gasteiger partial charge in [-0.15, -0.1) is 0 Å². The number of ether oxygens (including phenoxy) is 3. The zero-order valence-corrected chi connectivity index (χ0v) is 37.1. The number of nitrogens with one attached hydrogen (secondary N) is 4. The Hall–Kier alpha value is -6.58. The summed E-state index contributed by atoms with van der Waals surface area (Å²) in [5, 5.41) is 26.9. The number of fused-ring (bicyclic) bond motifs is 1. The Balaban J connectivity index is 0.744. The summed E-state index contributed by atoms with van der Waals surface area (Å²) in [5.41, 5.74) is 1.10. The van der Waals surface area contributed by atoms with Crippen LogP contribution in [0.1, 0.15) is 60.7 Å². The number of piperidine rings is 1. The van der Waals surface area contributed by atoms with E-state index < -0.39 is 35.9 Å². The van der Waals surface area contributed by atoms with E-state index in [2.05, 4.69) is 36.1 Å². The van der Waals surface area contributed by atoms with Gasteiger partial charge in [-0.25, -0.2) is 4.98 Å². The van der Waals surface area contributed by atoms with Crippen LogP contribution in [0.5, 0.6) is 5.75 Å². The van der Waals surface area contributed by atoms with E-state index >= 15 is 0 Å². The molecule has 1 aliphatic heterocycles. The fourth-order valence-electron chi connectivity index (χ4n) is 8.33. The lowest BCUT2D eigenvalue weighted by atomic mass is 9.86. The summed E-state index contributed by atoms with van der Waals surface area (Å²) in [7, 11) is 1.44. The third-order valence-electron chi connectivity index (χ3n) is 11.8. The number of methoxy groups -OCH3 is 1. The Morgan fingerprint density at radius 3 is 2.45 bits per heavy atom. The number of carbonyl (C=O) groups excluding carboxylic acids is 2. The number of alkyl halides is 3. The second-order valence-corrected chi connectivity index (χ2v) is 16.6. The molecule has 1 saturated carbocycles. The predicted molar refractivity (Wildman–Crippen MR) is 244 cm³/mol. The van der Waals surface area contributed by atoms with Gasteiger partial charge >= 0.3 is 12.1 Å². The summed E-state index contributed by atoms with van der Waals surface area (Å²) in [5.74, 6) is -1.57. The molecule has 0 spiro atoms. The van der Waals surface area contributed by atoms with E-state index in [1.807, 2.05) is 16.9 Å². The normalized spacial score (nSPS) is 17.6. The van der Waals surface area contributed by atoms with Gasteiger partial charge in [0, 0.05) is 56.1 Å². The van der Waals surface area contributed by atoms with Gasteiger partial charge in [0.15, 0.2) is 0 Å². The number of anilines is 4. The maximum atomic E-state index is 13.2. The number of hydrogen-bond donors (Lipinski definition) is 5. The number of pyridine rings is 3. The fraction of sp³-hybridized carbons (Fsp3) is 0.457. The smallest absolute Gasteiger partial charge is 0.433 e. The van der Waals surface area contributed by atoms with Crippen LogP contribution < -0.4 is 36.5 Å². The van der Waals surface area contributed by atoms with Crippen LogP contribution in [-0.4, -0.2) is 113 Å². The Bertz CT molecular complexity index is 2550. The van der Waals surface area contributed by atoms with Gasteiger partial charge in [0.05, 0.1) is 86.2 Å². The summed E-state index contributed by atoms with van der Waals surface area (Å²) in [4.78, 5) is 59.0. The molecule has 67 heavy (non-hydrogen) atoms. The first-order valence-electron chi connectivity index (χ1n) is 22.3. The Morgan fingerprint density at radius 2 is 1.69 bits per heavy atom. The number of hydrogen-bond acceptors (Lipinski definition) is 13. The van der Waals surface area contributed by atoms with Crippen LogP contribution in [0.15, 0.2) is 78.1 Å². The molecule has 18 nitrogen and oxygen atoms in total. The zero-order chi connectivity index (χ0) is 47.3.